The first-order valence-corrected chi connectivity index (χ1v) is 8.02. The number of hydrogen-bond donors (Lipinski definition) is 0. The van der Waals surface area contributed by atoms with E-state index in [4.69, 9.17) is 0 Å². The van der Waals surface area contributed by atoms with Crippen LogP contribution in [0.4, 0.5) is 0 Å². The van der Waals surface area contributed by atoms with Crippen LogP contribution in [0.25, 0.3) is 0 Å². The molecule has 0 radical (unpaired) electrons. The normalized spacial score (nSPS) is 27.2. The second-order valence-corrected chi connectivity index (χ2v) is 6.68. The van der Waals surface area contributed by atoms with Crippen LogP contribution in [0.5, 0.6) is 0 Å². The number of carbonyl (C=O) groups excluding carboxylic acids is 1. The molecule has 1 aliphatic carbocycles. The molecule has 2 nitrogen and oxygen atoms in total. The van der Waals surface area contributed by atoms with E-state index in [1.807, 2.05) is 17.9 Å². The smallest absolute Gasteiger partial charge is 0.213 e. The first kappa shape index (κ1) is 17.0. The van der Waals surface area contributed by atoms with Crippen molar-refractivity contribution in [1.82, 2.24) is 4.90 Å². The lowest BCUT2D eigenvalue weighted by atomic mass is 9.69. The van der Waals surface area contributed by atoms with E-state index in [0.29, 0.717) is 11.3 Å². The van der Waals surface area contributed by atoms with Crippen LogP contribution >= 0.6 is 0 Å². The topological polar surface area (TPSA) is 20.3 Å². The zero-order valence-corrected chi connectivity index (χ0v) is 13.7. The fourth-order valence-corrected chi connectivity index (χ4v) is 3.22. The third-order valence-corrected chi connectivity index (χ3v) is 4.93. The van der Waals surface area contributed by atoms with Gasteiger partial charge in [0.05, 0.1) is 0 Å². The number of amides is 1. The van der Waals surface area contributed by atoms with Crippen LogP contribution in [0.2, 0.25) is 0 Å². The maximum atomic E-state index is 11.4. The Kier molecular flexibility index (Phi) is 6.51. The summed E-state index contributed by atoms with van der Waals surface area (Å²) < 4.78 is 0. The van der Waals surface area contributed by atoms with Crippen molar-refractivity contribution in [1.29, 1.82) is 0 Å². The Morgan fingerprint density at radius 3 is 2.70 bits per heavy atom. The molecule has 20 heavy (non-hydrogen) atoms. The third-order valence-electron chi connectivity index (χ3n) is 4.93. The lowest BCUT2D eigenvalue weighted by Crippen LogP contribution is -2.33. The predicted octanol–water partition coefficient (Wildman–Crippen LogP) is 4.92. The third kappa shape index (κ3) is 4.81. The molecule has 114 valence electrons. The number of hydrogen-bond acceptors (Lipinski definition) is 1. The minimum Gasteiger partial charge on any atom is -0.319 e. The molecule has 0 saturated heterocycles. The second-order valence-electron chi connectivity index (χ2n) is 6.68. The highest BCUT2D eigenvalue weighted by Crippen LogP contribution is 2.41. The van der Waals surface area contributed by atoms with Gasteiger partial charge in [-0.15, -0.1) is 0 Å². The molecular weight excluding hydrogens is 246 g/mol. The van der Waals surface area contributed by atoms with Crippen molar-refractivity contribution in [2.24, 2.45) is 11.3 Å². The van der Waals surface area contributed by atoms with Crippen LogP contribution < -0.4 is 0 Å². The molecule has 0 N–H and O–H groups in total. The van der Waals surface area contributed by atoms with E-state index >= 15 is 0 Å². The summed E-state index contributed by atoms with van der Waals surface area (Å²) in [5.74, 6) is 0.636. The number of allylic oxidation sites excluding steroid dienone is 3. The summed E-state index contributed by atoms with van der Waals surface area (Å²) in [5.41, 5.74) is 2.58. The molecule has 2 unspecified atom stereocenters. The van der Waals surface area contributed by atoms with E-state index < -0.39 is 0 Å². The Morgan fingerprint density at radius 1 is 1.45 bits per heavy atom. The van der Waals surface area contributed by atoms with Crippen LogP contribution in [0.1, 0.15) is 66.2 Å². The van der Waals surface area contributed by atoms with Crippen LogP contribution in [-0.2, 0) is 4.79 Å². The van der Waals surface area contributed by atoms with E-state index in [-0.39, 0.29) is 0 Å². The van der Waals surface area contributed by atoms with Crippen molar-refractivity contribution in [2.75, 3.05) is 6.54 Å². The second kappa shape index (κ2) is 7.66. The van der Waals surface area contributed by atoms with Gasteiger partial charge in [-0.05, 0) is 50.0 Å². The van der Waals surface area contributed by atoms with Crippen molar-refractivity contribution < 1.29 is 4.79 Å². The predicted molar refractivity (Wildman–Crippen MR) is 86.3 cm³/mol. The fraction of sp³-hybridized carbons (Fsp3) is 0.722. The molecule has 1 saturated carbocycles. The first-order valence-electron chi connectivity index (χ1n) is 8.02. The standard InChI is InChI=1S/C18H31NO/c1-6-15(3)11-16(4)19(14-20)13-17-9-8-10-18(5,7-2)12-17/h11,14,17H,3,6-10,12-13H2,1-2,4-5H3/b16-11+. The zero-order chi connectivity index (χ0) is 15.2. The monoisotopic (exact) mass is 277 g/mol. The average molecular weight is 277 g/mol. The summed E-state index contributed by atoms with van der Waals surface area (Å²) in [4.78, 5) is 13.2. The molecular formula is C18H31NO. The SMILES string of the molecule is C=C(/C=C(\C)N(C=O)CC1CCCC(C)(CC)C1)CC. The lowest BCUT2D eigenvalue weighted by molar-refractivity contribution is -0.117. The van der Waals surface area contributed by atoms with Gasteiger partial charge in [-0.1, -0.05) is 45.8 Å². The van der Waals surface area contributed by atoms with Crippen molar-refractivity contribution in [3.63, 3.8) is 0 Å². The molecule has 0 aromatic heterocycles. The number of nitrogens with zero attached hydrogens (tertiary/aromatic N) is 1. The summed E-state index contributed by atoms with van der Waals surface area (Å²) in [6, 6.07) is 0. The maximum absolute atomic E-state index is 11.4. The molecule has 2 atom stereocenters. The Labute approximate surface area is 124 Å². The van der Waals surface area contributed by atoms with Crippen LogP contribution in [-0.4, -0.2) is 17.9 Å². The van der Waals surface area contributed by atoms with Gasteiger partial charge < -0.3 is 4.90 Å². The molecule has 0 heterocycles. The van der Waals surface area contributed by atoms with Crippen LogP contribution in [0.15, 0.2) is 23.9 Å². The lowest BCUT2D eigenvalue weighted by Gasteiger charge is -2.39. The van der Waals surface area contributed by atoms with E-state index in [0.717, 1.165) is 30.6 Å². The van der Waals surface area contributed by atoms with Gasteiger partial charge in [0.15, 0.2) is 0 Å². The largest absolute Gasteiger partial charge is 0.319 e. The Morgan fingerprint density at radius 2 is 2.15 bits per heavy atom. The van der Waals surface area contributed by atoms with Crippen molar-refractivity contribution in [2.45, 2.75) is 66.2 Å². The summed E-state index contributed by atoms with van der Waals surface area (Å²) in [7, 11) is 0. The summed E-state index contributed by atoms with van der Waals surface area (Å²) in [6.07, 6.45) is 10.3. The van der Waals surface area contributed by atoms with Crippen LogP contribution in [0, 0.1) is 11.3 Å². The van der Waals surface area contributed by atoms with Crippen LogP contribution in [0.3, 0.4) is 0 Å². The summed E-state index contributed by atoms with van der Waals surface area (Å²) >= 11 is 0. The molecule has 0 aromatic carbocycles. The van der Waals surface area contributed by atoms with Gasteiger partial charge in [-0.3, -0.25) is 4.79 Å². The van der Waals surface area contributed by atoms with Crippen molar-refractivity contribution in [3.05, 3.63) is 23.9 Å². The van der Waals surface area contributed by atoms with E-state index in [1.165, 1.54) is 32.1 Å². The van der Waals surface area contributed by atoms with Gasteiger partial charge in [-0.2, -0.15) is 0 Å². The molecule has 0 aliphatic heterocycles. The number of rotatable bonds is 7. The van der Waals surface area contributed by atoms with E-state index in [1.54, 1.807) is 0 Å². The van der Waals surface area contributed by atoms with Gasteiger partial charge >= 0.3 is 0 Å². The number of carbonyl (C=O) groups is 1. The molecule has 0 bridgehead atoms. The molecule has 1 amide bonds. The maximum Gasteiger partial charge on any atom is 0.213 e. The Balaban J connectivity index is 2.66. The quantitative estimate of drug-likeness (QED) is 0.477. The molecule has 0 aromatic rings. The van der Waals surface area contributed by atoms with Gasteiger partial charge in [0.1, 0.15) is 0 Å². The van der Waals surface area contributed by atoms with Gasteiger partial charge in [-0.25, -0.2) is 0 Å². The molecule has 1 fully saturated rings. The summed E-state index contributed by atoms with van der Waals surface area (Å²) in [6.45, 7) is 13.6. The average Bonchev–Trinajstić information content (AvgIpc) is 2.44. The minimum atomic E-state index is 0.474. The van der Waals surface area contributed by atoms with Crippen molar-refractivity contribution in [3.8, 4) is 0 Å². The van der Waals surface area contributed by atoms with E-state index in [9.17, 15) is 4.79 Å². The molecule has 1 rings (SSSR count). The van der Waals surface area contributed by atoms with E-state index in [2.05, 4.69) is 27.4 Å². The van der Waals surface area contributed by atoms with Gasteiger partial charge in [0, 0.05) is 12.2 Å². The molecule has 0 spiro atoms. The highest BCUT2D eigenvalue weighted by molar-refractivity contribution is 5.51. The Bertz CT molecular complexity index is 372. The first-order chi connectivity index (χ1) is 9.44. The highest BCUT2D eigenvalue weighted by atomic mass is 16.1. The van der Waals surface area contributed by atoms with Crippen molar-refractivity contribution >= 4 is 6.41 Å². The summed E-state index contributed by atoms with van der Waals surface area (Å²) in [5, 5.41) is 0. The molecule has 1 aliphatic rings. The Hall–Kier alpha value is -1.05. The highest BCUT2D eigenvalue weighted by Gasteiger charge is 2.31. The van der Waals surface area contributed by atoms with Gasteiger partial charge in [0.25, 0.3) is 0 Å². The minimum absolute atomic E-state index is 0.474. The zero-order valence-electron chi connectivity index (χ0n) is 13.7. The fourth-order valence-electron chi connectivity index (χ4n) is 3.22. The van der Waals surface area contributed by atoms with Gasteiger partial charge in [0.2, 0.25) is 6.41 Å². The molecule has 2 heteroatoms.